The lowest BCUT2D eigenvalue weighted by Gasteiger charge is -2.36. The summed E-state index contributed by atoms with van der Waals surface area (Å²) < 4.78 is 5.70. The lowest BCUT2D eigenvalue weighted by atomic mass is 9.70. The zero-order valence-corrected chi connectivity index (χ0v) is 14.5. The normalized spacial score (nSPS) is 25.4. The number of nitrogens with two attached hydrogens (primary N) is 1. The Balaban J connectivity index is 1.80. The second-order valence-electron chi connectivity index (χ2n) is 6.71. The Bertz CT molecular complexity index is 899. The molecular weight excluding hydrogens is 324 g/mol. The molecule has 0 spiro atoms. The number of fused-ring (bicyclic) bond motifs is 1. The lowest BCUT2D eigenvalue weighted by Crippen LogP contribution is -2.39. The van der Waals surface area contributed by atoms with Gasteiger partial charge in [-0.25, -0.2) is 0 Å². The second-order valence-corrected chi connectivity index (χ2v) is 6.71. The molecule has 4 unspecified atom stereocenters. The topological polar surface area (TPSA) is 83.4 Å². The highest BCUT2D eigenvalue weighted by Crippen LogP contribution is 2.47. The first-order chi connectivity index (χ1) is 12.7. The third kappa shape index (κ3) is 2.60. The van der Waals surface area contributed by atoms with Crippen LogP contribution in [0.3, 0.4) is 0 Å². The molecule has 2 aromatic rings. The number of nitrogens with zero attached hydrogens (tertiary/aromatic N) is 2. The third-order valence-electron chi connectivity index (χ3n) is 5.30. The van der Waals surface area contributed by atoms with Crippen LogP contribution in [0.25, 0.3) is 0 Å². The maximum absolute atomic E-state index is 9.78. The summed E-state index contributed by atoms with van der Waals surface area (Å²) in [7, 11) is 0. The third-order valence-corrected chi connectivity index (χ3v) is 5.30. The molecule has 4 atom stereocenters. The Labute approximate surface area is 152 Å². The van der Waals surface area contributed by atoms with Crippen molar-refractivity contribution in [3.05, 3.63) is 83.2 Å². The van der Waals surface area contributed by atoms with Crippen molar-refractivity contribution < 1.29 is 4.74 Å². The van der Waals surface area contributed by atoms with E-state index in [2.05, 4.69) is 47.8 Å². The van der Waals surface area contributed by atoms with Gasteiger partial charge in [0.05, 0.1) is 17.5 Å². The maximum Gasteiger partial charge on any atom is 0.220 e. The minimum absolute atomic E-state index is 0.0567. The predicted molar refractivity (Wildman–Crippen MR) is 99.5 cm³/mol. The van der Waals surface area contributed by atoms with Crippen molar-refractivity contribution in [2.45, 2.75) is 18.9 Å². The molecule has 0 radical (unpaired) electrons. The number of ether oxygens (including phenoxy) is 1. The van der Waals surface area contributed by atoms with Gasteiger partial charge in [0.15, 0.2) is 0 Å². The number of allylic oxidation sites excluding steroid dienone is 1. The Kier molecular flexibility index (Phi) is 4.10. The Hall–Kier alpha value is -3.26. The minimum atomic E-state index is -0.116. The van der Waals surface area contributed by atoms with Gasteiger partial charge in [0.25, 0.3) is 0 Å². The molecule has 0 aromatic heterocycles. The van der Waals surface area contributed by atoms with Crippen LogP contribution in [0, 0.1) is 23.2 Å². The summed E-state index contributed by atoms with van der Waals surface area (Å²) in [4.78, 5) is 0. The van der Waals surface area contributed by atoms with Crippen molar-refractivity contribution in [1.29, 1.82) is 5.26 Å². The number of hydrogen-bond acceptors (Lipinski definition) is 5. The molecule has 3 N–H and O–H groups in total. The highest BCUT2D eigenvalue weighted by atomic mass is 16.5. The molecule has 0 bridgehead atoms. The number of nitriles is 1. The van der Waals surface area contributed by atoms with Gasteiger partial charge in [-0.3, -0.25) is 5.43 Å². The molecule has 0 aliphatic carbocycles. The molecule has 2 aliphatic heterocycles. The van der Waals surface area contributed by atoms with E-state index in [-0.39, 0.29) is 29.7 Å². The molecule has 2 heterocycles. The van der Waals surface area contributed by atoms with Gasteiger partial charge >= 0.3 is 0 Å². The zero-order valence-electron chi connectivity index (χ0n) is 14.5. The molecule has 4 rings (SSSR count). The Morgan fingerprint density at radius 3 is 2.42 bits per heavy atom. The van der Waals surface area contributed by atoms with E-state index in [4.69, 9.17) is 10.5 Å². The summed E-state index contributed by atoms with van der Waals surface area (Å²) in [6, 6.07) is 22.5. The Morgan fingerprint density at radius 2 is 1.77 bits per heavy atom. The standard InChI is InChI=1S/C21H20N4O/c1-13(14-8-4-2-5-9-14)17-16(12-22)20(23)26-21-18(17)19(24-25-21)15-10-6-3-7-11-15/h2-11,13,17-19,24H,23H2,1H3. The highest BCUT2D eigenvalue weighted by Gasteiger charge is 2.48. The first-order valence-corrected chi connectivity index (χ1v) is 8.71. The van der Waals surface area contributed by atoms with E-state index in [9.17, 15) is 5.26 Å². The molecule has 0 amide bonds. The van der Waals surface area contributed by atoms with Crippen LogP contribution < -0.4 is 11.2 Å². The van der Waals surface area contributed by atoms with Crippen LogP contribution in [-0.2, 0) is 4.74 Å². The van der Waals surface area contributed by atoms with Crippen molar-refractivity contribution in [1.82, 2.24) is 5.43 Å². The second kappa shape index (κ2) is 6.57. The maximum atomic E-state index is 9.78. The summed E-state index contributed by atoms with van der Waals surface area (Å²) >= 11 is 0. The van der Waals surface area contributed by atoms with E-state index >= 15 is 0 Å². The van der Waals surface area contributed by atoms with Gasteiger partial charge in [0.1, 0.15) is 6.07 Å². The van der Waals surface area contributed by atoms with Crippen molar-refractivity contribution in [3.8, 4) is 6.07 Å². The van der Waals surface area contributed by atoms with E-state index in [1.807, 2.05) is 36.4 Å². The van der Waals surface area contributed by atoms with Crippen LogP contribution >= 0.6 is 0 Å². The van der Waals surface area contributed by atoms with Crippen LogP contribution in [0.4, 0.5) is 0 Å². The molecule has 26 heavy (non-hydrogen) atoms. The van der Waals surface area contributed by atoms with Gasteiger partial charge in [0.2, 0.25) is 11.8 Å². The zero-order chi connectivity index (χ0) is 18.1. The Morgan fingerprint density at radius 1 is 1.12 bits per heavy atom. The van der Waals surface area contributed by atoms with Gasteiger partial charge in [0, 0.05) is 5.92 Å². The first kappa shape index (κ1) is 16.2. The molecule has 0 saturated carbocycles. The van der Waals surface area contributed by atoms with Crippen LogP contribution in [0.5, 0.6) is 0 Å². The summed E-state index contributed by atoms with van der Waals surface area (Å²) in [5.41, 5.74) is 12.0. The fraction of sp³-hybridized carbons (Fsp3) is 0.238. The SMILES string of the molecule is CC(c1ccccc1)C1C(C#N)=C(N)OC2=NNC(c3ccccc3)C21. The largest absolute Gasteiger partial charge is 0.424 e. The van der Waals surface area contributed by atoms with Gasteiger partial charge in [-0.15, -0.1) is 5.10 Å². The minimum Gasteiger partial charge on any atom is -0.424 e. The monoisotopic (exact) mass is 344 g/mol. The molecule has 2 aliphatic rings. The number of rotatable bonds is 3. The molecule has 130 valence electrons. The number of hydrazone groups is 1. The smallest absolute Gasteiger partial charge is 0.220 e. The fourth-order valence-corrected chi connectivity index (χ4v) is 3.99. The van der Waals surface area contributed by atoms with Crippen LogP contribution in [0.1, 0.15) is 30.0 Å². The predicted octanol–water partition coefficient (Wildman–Crippen LogP) is 3.40. The van der Waals surface area contributed by atoms with E-state index < -0.39 is 0 Å². The van der Waals surface area contributed by atoms with Crippen molar-refractivity contribution >= 4 is 5.90 Å². The van der Waals surface area contributed by atoms with Gasteiger partial charge in [-0.1, -0.05) is 67.6 Å². The first-order valence-electron chi connectivity index (χ1n) is 8.71. The van der Waals surface area contributed by atoms with Crippen LogP contribution in [0.2, 0.25) is 0 Å². The van der Waals surface area contributed by atoms with E-state index in [1.165, 1.54) is 0 Å². The molecule has 2 aromatic carbocycles. The van der Waals surface area contributed by atoms with Crippen LogP contribution in [-0.4, -0.2) is 5.90 Å². The lowest BCUT2D eigenvalue weighted by molar-refractivity contribution is 0.264. The molecule has 0 fully saturated rings. The average molecular weight is 344 g/mol. The number of hydrogen-bond donors (Lipinski definition) is 2. The molecule has 5 heteroatoms. The van der Waals surface area contributed by atoms with Gasteiger partial charge < -0.3 is 10.5 Å². The fourth-order valence-electron chi connectivity index (χ4n) is 3.99. The summed E-state index contributed by atoms with van der Waals surface area (Å²) in [5, 5.41) is 14.2. The quantitative estimate of drug-likeness (QED) is 0.894. The van der Waals surface area contributed by atoms with Crippen molar-refractivity contribution in [2.75, 3.05) is 0 Å². The summed E-state index contributed by atoms with van der Waals surface area (Å²) in [6.45, 7) is 2.13. The van der Waals surface area contributed by atoms with E-state index in [0.717, 1.165) is 11.1 Å². The average Bonchev–Trinajstić information content (AvgIpc) is 3.11. The van der Waals surface area contributed by atoms with E-state index in [0.29, 0.717) is 11.5 Å². The molecule has 5 nitrogen and oxygen atoms in total. The van der Waals surface area contributed by atoms with E-state index in [1.54, 1.807) is 0 Å². The highest BCUT2D eigenvalue weighted by molar-refractivity contribution is 5.84. The number of nitrogens with one attached hydrogen (secondary N) is 1. The molecular formula is C21H20N4O. The summed E-state index contributed by atoms with van der Waals surface area (Å²) in [5.74, 6) is 0.605. The number of benzene rings is 2. The van der Waals surface area contributed by atoms with Gasteiger partial charge in [-0.05, 0) is 17.0 Å². The summed E-state index contributed by atoms with van der Waals surface area (Å²) in [6.07, 6.45) is 0. The molecule has 0 saturated heterocycles. The van der Waals surface area contributed by atoms with Crippen molar-refractivity contribution in [2.24, 2.45) is 22.7 Å². The van der Waals surface area contributed by atoms with Crippen molar-refractivity contribution in [3.63, 3.8) is 0 Å². The van der Waals surface area contributed by atoms with Crippen LogP contribution in [0.15, 0.2) is 77.2 Å². The van der Waals surface area contributed by atoms with Gasteiger partial charge in [-0.2, -0.15) is 5.26 Å².